The van der Waals surface area contributed by atoms with E-state index in [-0.39, 0.29) is 13.1 Å². The van der Waals surface area contributed by atoms with Gasteiger partial charge in [0.05, 0.1) is 13.2 Å². The molecule has 2 N–H and O–H groups in total. The fourth-order valence-corrected chi connectivity index (χ4v) is 4.18. The van der Waals surface area contributed by atoms with E-state index in [1.807, 2.05) is 0 Å². The van der Waals surface area contributed by atoms with Crippen LogP contribution < -0.4 is 5.32 Å². The van der Waals surface area contributed by atoms with Gasteiger partial charge in [0.15, 0.2) is 0 Å². The van der Waals surface area contributed by atoms with Crippen molar-refractivity contribution in [1.29, 1.82) is 0 Å². The largest absolute Gasteiger partial charge is 0.475 e. The maximum absolute atomic E-state index is 12.7. The Morgan fingerprint density at radius 1 is 1.42 bits per heavy atom. The molecule has 0 aliphatic carbocycles. The molecule has 1 amide bonds. The number of aromatic carboxylic acids is 1. The van der Waals surface area contributed by atoms with Crippen LogP contribution in [0.15, 0.2) is 34.3 Å². The Balaban J connectivity index is 1.98. The normalized spacial score (nSPS) is 17.9. The van der Waals surface area contributed by atoms with Crippen LogP contribution in [0.3, 0.4) is 0 Å². The molecule has 0 radical (unpaired) electrons. The molecule has 1 fully saturated rings. The summed E-state index contributed by atoms with van der Waals surface area (Å²) in [5, 5.41) is 11.0. The van der Waals surface area contributed by atoms with Gasteiger partial charge in [-0.25, -0.2) is 13.2 Å². The number of rotatable bonds is 10. The van der Waals surface area contributed by atoms with Crippen LogP contribution in [0.4, 0.5) is 0 Å². The molecule has 1 aromatic rings. The smallest absolute Gasteiger partial charge is 0.371 e. The van der Waals surface area contributed by atoms with E-state index < -0.39 is 38.8 Å². The standard InChI is InChI=1S/C16H22N2O7S/c1-2-3-10-24-11-8-17-15(19)12-5-4-9-18(12)26(22,23)14-7-6-13(25-14)16(20)21/h2,6-7,12H,1,3-5,8-11H2,(H,17,19)(H,20,21). The van der Waals surface area contributed by atoms with Crippen LogP contribution in [0.2, 0.25) is 0 Å². The molecule has 0 aromatic carbocycles. The maximum Gasteiger partial charge on any atom is 0.371 e. The molecule has 0 bridgehead atoms. The highest BCUT2D eigenvalue weighted by Crippen LogP contribution is 2.27. The van der Waals surface area contributed by atoms with Gasteiger partial charge in [0.25, 0.3) is 10.0 Å². The molecule has 1 aliphatic heterocycles. The van der Waals surface area contributed by atoms with Crippen LogP contribution in [0.1, 0.15) is 29.8 Å². The summed E-state index contributed by atoms with van der Waals surface area (Å²) in [6, 6.07) is 1.30. The molecule has 1 aromatic heterocycles. The number of amides is 1. The van der Waals surface area contributed by atoms with Gasteiger partial charge in [0.1, 0.15) is 6.04 Å². The third kappa shape index (κ3) is 4.71. The summed E-state index contributed by atoms with van der Waals surface area (Å²) in [6.07, 6.45) is 3.35. The van der Waals surface area contributed by atoms with Gasteiger partial charge in [-0.2, -0.15) is 4.31 Å². The Morgan fingerprint density at radius 2 is 2.19 bits per heavy atom. The van der Waals surface area contributed by atoms with Gasteiger partial charge in [-0.05, 0) is 31.4 Å². The second-order valence-electron chi connectivity index (χ2n) is 5.68. The summed E-state index contributed by atoms with van der Waals surface area (Å²) in [4.78, 5) is 23.2. The monoisotopic (exact) mass is 386 g/mol. The lowest BCUT2D eigenvalue weighted by molar-refractivity contribution is -0.124. The molecule has 10 heteroatoms. The Hall–Kier alpha value is -2.17. The van der Waals surface area contributed by atoms with Gasteiger partial charge in [0.2, 0.25) is 16.8 Å². The minimum atomic E-state index is -4.09. The number of nitrogens with one attached hydrogen (secondary N) is 1. The lowest BCUT2D eigenvalue weighted by Crippen LogP contribution is -2.46. The highest BCUT2D eigenvalue weighted by Gasteiger charge is 2.41. The Labute approximate surface area is 151 Å². The van der Waals surface area contributed by atoms with Crippen LogP contribution in [-0.2, 0) is 19.6 Å². The minimum absolute atomic E-state index is 0.166. The molecule has 0 spiro atoms. The van der Waals surface area contributed by atoms with Gasteiger partial charge in [-0.1, -0.05) is 6.08 Å². The second-order valence-corrected chi connectivity index (χ2v) is 7.50. The number of furan rings is 1. The first-order valence-corrected chi connectivity index (χ1v) is 9.63. The Kier molecular flexibility index (Phi) is 6.95. The van der Waals surface area contributed by atoms with Crippen LogP contribution in [0.5, 0.6) is 0 Å². The van der Waals surface area contributed by atoms with Crippen molar-refractivity contribution in [1.82, 2.24) is 9.62 Å². The highest BCUT2D eigenvalue weighted by atomic mass is 32.2. The number of carboxylic acid groups (broad SMARTS) is 1. The third-order valence-corrected chi connectivity index (χ3v) is 5.66. The van der Waals surface area contributed by atoms with E-state index in [0.717, 1.165) is 16.4 Å². The molecule has 2 rings (SSSR count). The van der Waals surface area contributed by atoms with Gasteiger partial charge >= 0.3 is 5.97 Å². The molecule has 1 aliphatic rings. The number of carbonyl (C=O) groups excluding carboxylic acids is 1. The number of ether oxygens (including phenoxy) is 1. The summed E-state index contributed by atoms with van der Waals surface area (Å²) in [7, 11) is -4.09. The summed E-state index contributed by atoms with van der Waals surface area (Å²) in [5.41, 5.74) is 0. The first-order valence-electron chi connectivity index (χ1n) is 8.19. The number of hydrogen-bond donors (Lipinski definition) is 2. The van der Waals surface area contributed by atoms with Crippen molar-refractivity contribution in [3.8, 4) is 0 Å². The molecule has 26 heavy (non-hydrogen) atoms. The molecule has 1 saturated heterocycles. The van der Waals surface area contributed by atoms with Crippen molar-refractivity contribution >= 4 is 21.9 Å². The van der Waals surface area contributed by atoms with Crippen LogP contribution in [0, 0.1) is 0 Å². The summed E-state index contributed by atoms with van der Waals surface area (Å²) < 4.78 is 36.5. The lowest BCUT2D eigenvalue weighted by Gasteiger charge is -2.22. The SMILES string of the molecule is C=CCCOCCNC(=O)C1CCCN1S(=O)(=O)c1ccc(C(=O)O)o1. The van der Waals surface area contributed by atoms with E-state index >= 15 is 0 Å². The van der Waals surface area contributed by atoms with Gasteiger partial charge in [-0.15, -0.1) is 6.58 Å². The first-order chi connectivity index (χ1) is 12.4. The van der Waals surface area contributed by atoms with Gasteiger partial charge in [-0.3, -0.25) is 4.79 Å². The maximum atomic E-state index is 12.7. The minimum Gasteiger partial charge on any atom is -0.475 e. The Morgan fingerprint density at radius 3 is 2.85 bits per heavy atom. The molecule has 2 heterocycles. The molecule has 1 unspecified atom stereocenters. The fraction of sp³-hybridized carbons (Fsp3) is 0.500. The van der Waals surface area contributed by atoms with E-state index in [9.17, 15) is 18.0 Å². The molecular weight excluding hydrogens is 364 g/mol. The zero-order valence-electron chi connectivity index (χ0n) is 14.2. The zero-order chi connectivity index (χ0) is 19.2. The fourth-order valence-electron chi connectivity index (χ4n) is 2.61. The van der Waals surface area contributed by atoms with Gasteiger partial charge in [0, 0.05) is 13.1 Å². The van der Waals surface area contributed by atoms with E-state index in [2.05, 4.69) is 11.9 Å². The van der Waals surface area contributed by atoms with Crippen molar-refractivity contribution in [2.24, 2.45) is 0 Å². The molecule has 1 atom stereocenters. The molecule has 9 nitrogen and oxygen atoms in total. The molecular formula is C16H22N2O7S. The topological polar surface area (TPSA) is 126 Å². The van der Waals surface area contributed by atoms with E-state index in [1.54, 1.807) is 6.08 Å². The summed E-state index contributed by atoms with van der Waals surface area (Å²) in [5.74, 6) is -2.25. The van der Waals surface area contributed by atoms with Crippen LogP contribution in [0.25, 0.3) is 0 Å². The number of hydrogen-bond acceptors (Lipinski definition) is 6. The number of carboxylic acids is 1. The molecule has 0 saturated carbocycles. The summed E-state index contributed by atoms with van der Waals surface area (Å²) in [6.45, 7) is 4.83. The van der Waals surface area contributed by atoms with E-state index in [1.165, 1.54) is 0 Å². The van der Waals surface area contributed by atoms with Crippen LogP contribution >= 0.6 is 0 Å². The van der Waals surface area contributed by atoms with E-state index in [4.69, 9.17) is 14.3 Å². The quantitative estimate of drug-likeness (QED) is 0.451. The van der Waals surface area contributed by atoms with Gasteiger partial charge < -0.3 is 19.6 Å². The number of nitrogens with zero attached hydrogens (tertiary/aromatic N) is 1. The number of sulfonamides is 1. The zero-order valence-corrected chi connectivity index (χ0v) is 15.0. The average molecular weight is 386 g/mol. The summed E-state index contributed by atoms with van der Waals surface area (Å²) >= 11 is 0. The predicted molar refractivity (Wildman–Crippen MR) is 91.2 cm³/mol. The highest BCUT2D eigenvalue weighted by molar-refractivity contribution is 7.89. The van der Waals surface area contributed by atoms with Crippen molar-refractivity contribution in [2.45, 2.75) is 30.4 Å². The van der Waals surface area contributed by atoms with E-state index in [0.29, 0.717) is 32.5 Å². The lowest BCUT2D eigenvalue weighted by atomic mass is 10.2. The molecule has 144 valence electrons. The third-order valence-electron chi connectivity index (χ3n) is 3.87. The number of carbonyl (C=O) groups is 2. The van der Waals surface area contributed by atoms with Crippen molar-refractivity contribution in [3.63, 3.8) is 0 Å². The van der Waals surface area contributed by atoms with Crippen molar-refractivity contribution < 1.29 is 32.3 Å². The van der Waals surface area contributed by atoms with Crippen LogP contribution in [-0.4, -0.2) is 62.1 Å². The van der Waals surface area contributed by atoms with Crippen molar-refractivity contribution in [3.05, 3.63) is 30.5 Å². The second kappa shape index (κ2) is 8.97. The predicted octanol–water partition coefficient (Wildman–Crippen LogP) is 0.840. The average Bonchev–Trinajstić information content (AvgIpc) is 3.27. The Bertz CT molecular complexity index is 756. The van der Waals surface area contributed by atoms with Crippen molar-refractivity contribution in [2.75, 3.05) is 26.3 Å². The first kappa shape index (κ1) is 20.1.